The molecule has 2 aromatic heterocycles. The Labute approximate surface area is 172 Å². The molecule has 0 saturated heterocycles. The Morgan fingerprint density at radius 1 is 1.24 bits per heavy atom. The van der Waals surface area contributed by atoms with Gasteiger partial charge in [0, 0.05) is 4.88 Å². The van der Waals surface area contributed by atoms with Crippen LogP contribution in [0.4, 0.5) is 5.69 Å². The molecule has 2 heterocycles. The van der Waals surface area contributed by atoms with E-state index in [1.54, 1.807) is 18.2 Å². The second kappa shape index (κ2) is 8.14. The molecule has 0 spiro atoms. The number of benzene rings is 1. The number of carbonyl (C=O) groups excluding carboxylic acids is 2. The van der Waals surface area contributed by atoms with Crippen LogP contribution in [0.2, 0.25) is 0 Å². The first kappa shape index (κ1) is 20.7. The molecule has 0 atom stereocenters. The van der Waals surface area contributed by atoms with Gasteiger partial charge in [-0.05, 0) is 45.6 Å². The quantitative estimate of drug-likeness (QED) is 0.641. The maximum atomic E-state index is 13.2. The summed E-state index contributed by atoms with van der Waals surface area (Å²) < 4.78 is 1.39. The van der Waals surface area contributed by atoms with E-state index in [1.165, 1.54) is 22.0 Å². The molecular weight excluding hydrogens is 390 g/mol. The molecular formula is C20H23N5O3S. The van der Waals surface area contributed by atoms with E-state index in [9.17, 15) is 14.4 Å². The highest BCUT2D eigenvalue weighted by atomic mass is 32.1. The van der Waals surface area contributed by atoms with Crippen molar-refractivity contribution in [1.82, 2.24) is 14.5 Å². The predicted molar refractivity (Wildman–Crippen MR) is 114 cm³/mol. The lowest BCUT2D eigenvalue weighted by atomic mass is 10.1. The smallest absolute Gasteiger partial charge is 0.263 e. The van der Waals surface area contributed by atoms with Crippen molar-refractivity contribution in [1.29, 1.82) is 0 Å². The van der Waals surface area contributed by atoms with Gasteiger partial charge in [0.1, 0.15) is 17.2 Å². The van der Waals surface area contributed by atoms with Crippen LogP contribution in [0.3, 0.4) is 0 Å². The number of nitrogens with one attached hydrogen (secondary N) is 1. The van der Waals surface area contributed by atoms with Crippen molar-refractivity contribution < 1.29 is 9.59 Å². The SMILES string of the molecule is Cc1sc2nc(CN(C)C)n(CC(=O)Nc3ccccc3C(N)=O)c(=O)c2c1C. The van der Waals surface area contributed by atoms with Crippen LogP contribution in [0.25, 0.3) is 10.2 Å². The number of nitrogens with two attached hydrogens (primary N) is 1. The Balaban J connectivity index is 2.01. The fraction of sp³-hybridized carbons (Fsp3) is 0.300. The van der Waals surface area contributed by atoms with Gasteiger partial charge >= 0.3 is 0 Å². The summed E-state index contributed by atoms with van der Waals surface area (Å²) in [4.78, 5) is 45.7. The van der Waals surface area contributed by atoms with Crippen LogP contribution in [-0.2, 0) is 17.9 Å². The van der Waals surface area contributed by atoms with Crippen LogP contribution < -0.4 is 16.6 Å². The molecule has 29 heavy (non-hydrogen) atoms. The monoisotopic (exact) mass is 413 g/mol. The third-order valence-corrected chi connectivity index (χ3v) is 5.70. The number of carbonyl (C=O) groups is 2. The Hall–Kier alpha value is -3.04. The largest absolute Gasteiger partial charge is 0.366 e. The Bertz CT molecular complexity index is 1160. The van der Waals surface area contributed by atoms with Crippen LogP contribution in [0.15, 0.2) is 29.1 Å². The van der Waals surface area contributed by atoms with Gasteiger partial charge in [-0.2, -0.15) is 0 Å². The summed E-state index contributed by atoms with van der Waals surface area (Å²) >= 11 is 1.47. The lowest BCUT2D eigenvalue weighted by molar-refractivity contribution is -0.116. The number of aryl methyl sites for hydroxylation is 2. The number of aromatic nitrogens is 2. The summed E-state index contributed by atoms with van der Waals surface area (Å²) in [5.41, 5.74) is 6.52. The minimum Gasteiger partial charge on any atom is -0.366 e. The number of hydrogen-bond donors (Lipinski definition) is 2. The first-order valence-corrected chi connectivity index (χ1v) is 9.83. The van der Waals surface area contributed by atoms with E-state index in [-0.39, 0.29) is 17.7 Å². The van der Waals surface area contributed by atoms with Gasteiger partial charge in [0.05, 0.1) is 23.2 Å². The van der Waals surface area contributed by atoms with Gasteiger partial charge in [-0.25, -0.2) is 4.98 Å². The molecule has 0 fully saturated rings. The molecule has 0 bridgehead atoms. The summed E-state index contributed by atoms with van der Waals surface area (Å²) in [5, 5.41) is 3.22. The highest BCUT2D eigenvalue weighted by Gasteiger charge is 2.19. The van der Waals surface area contributed by atoms with Gasteiger partial charge in [0.15, 0.2) is 0 Å². The van der Waals surface area contributed by atoms with Crippen molar-refractivity contribution in [2.45, 2.75) is 26.9 Å². The summed E-state index contributed by atoms with van der Waals surface area (Å²) in [5.74, 6) is -0.572. The third kappa shape index (κ3) is 4.20. The maximum absolute atomic E-state index is 13.2. The van der Waals surface area contributed by atoms with Crippen LogP contribution in [0.1, 0.15) is 26.6 Å². The third-order valence-electron chi connectivity index (χ3n) is 4.59. The van der Waals surface area contributed by atoms with Gasteiger partial charge in [0.25, 0.3) is 11.5 Å². The van der Waals surface area contributed by atoms with E-state index < -0.39 is 11.8 Å². The molecule has 0 aliphatic heterocycles. The number of primary amides is 1. The van der Waals surface area contributed by atoms with Crippen molar-refractivity contribution in [3.05, 3.63) is 56.4 Å². The van der Waals surface area contributed by atoms with E-state index in [2.05, 4.69) is 10.3 Å². The van der Waals surface area contributed by atoms with Crippen LogP contribution in [0, 0.1) is 13.8 Å². The second-order valence-electron chi connectivity index (χ2n) is 7.08. The number of fused-ring (bicyclic) bond motifs is 1. The van der Waals surface area contributed by atoms with Crippen LogP contribution in [0.5, 0.6) is 0 Å². The van der Waals surface area contributed by atoms with Crippen LogP contribution in [-0.4, -0.2) is 40.4 Å². The number of amides is 2. The zero-order valence-corrected chi connectivity index (χ0v) is 17.6. The minimum atomic E-state index is -0.640. The number of para-hydroxylation sites is 1. The highest BCUT2D eigenvalue weighted by molar-refractivity contribution is 7.18. The average molecular weight is 414 g/mol. The van der Waals surface area contributed by atoms with Gasteiger partial charge in [-0.1, -0.05) is 12.1 Å². The molecule has 3 aromatic rings. The lowest BCUT2D eigenvalue weighted by Crippen LogP contribution is -2.33. The molecule has 0 aliphatic carbocycles. The fourth-order valence-electron chi connectivity index (χ4n) is 3.08. The number of nitrogens with zero attached hydrogens (tertiary/aromatic N) is 3. The Kier molecular flexibility index (Phi) is 5.81. The summed E-state index contributed by atoms with van der Waals surface area (Å²) in [7, 11) is 3.74. The van der Waals surface area contributed by atoms with Crippen molar-refractivity contribution in [3.8, 4) is 0 Å². The van der Waals surface area contributed by atoms with Gasteiger partial charge < -0.3 is 16.0 Å². The summed E-state index contributed by atoms with van der Waals surface area (Å²) in [6.07, 6.45) is 0. The number of rotatable bonds is 6. The second-order valence-corrected chi connectivity index (χ2v) is 8.28. The minimum absolute atomic E-state index is 0.208. The van der Waals surface area contributed by atoms with Crippen molar-refractivity contribution in [2.24, 2.45) is 5.73 Å². The van der Waals surface area contributed by atoms with Crippen molar-refractivity contribution in [2.75, 3.05) is 19.4 Å². The van der Waals surface area contributed by atoms with Gasteiger partial charge in [-0.3, -0.25) is 19.0 Å². The molecule has 3 rings (SSSR count). The number of thiophene rings is 1. The molecule has 1 aromatic carbocycles. The fourth-order valence-corrected chi connectivity index (χ4v) is 4.11. The molecule has 0 radical (unpaired) electrons. The molecule has 152 valence electrons. The maximum Gasteiger partial charge on any atom is 0.263 e. The Morgan fingerprint density at radius 2 is 1.93 bits per heavy atom. The normalized spacial score (nSPS) is 11.2. The standard InChI is InChI=1S/C20H23N5O3S/c1-11-12(2)29-19-17(11)20(28)25(15(23-19)9-24(3)4)10-16(26)22-14-8-6-5-7-13(14)18(21)27/h5-8H,9-10H2,1-4H3,(H2,21,27)(H,22,26). The average Bonchev–Trinajstić information content (AvgIpc) is 2.92. The molecule has 0 aliphatic rings. The van der Waals surface area contributed by atoms with E-state index in [4.69, 9.17) is 5.73 Å². The van der Waals surface area contributed by atoms with Crippen LogP contribution >= 0.6 is 11.3 Å². The van der Waals surface area contributed by atoms with Crippen molar-refractivity contribution >= 4 is 39.1 Å². The zero-order chi connectivity index (χ0) is 21.3. The highest BCUT2D eigenvalue weighted by Crippen LogP contribution is 2.26. The molecule has 2 amide bonds. The summed E-state index contributed by atoms with van der Waals surface area (Å²) in [6, 6.07) is 6.48. The predicted octanol–water partition coefficient (Wildman–Crippen LogP) is 1.87. The Morgan fingerprint density at radius 3 is 2.59 bits per heavy atom. The van der Waals surface area contributed by atoms with Gasteiger partial charge in [-0.15, -0.1) is 11.3 Å². The molecule has 9 heteroatoms. The lowest BCUT2D eigenvalue weighted by Gasteiger charge is -2.16. The van der Waals surface area contributed by atoms with Gasteiger partial charge in [0.2, 0.25) is 5.91 Å². The number of anilines is 1. The topological polar surface area (TPSA) is 110 Å². The molecule has 3 N–H and O–H groups in total. The first-order valence-electron chi connectivity index (χ1n) is 9.02. The van der Waals surface area contributed by atoms with E-state index >= 15 is 0 Å². The van der Waals surface area contributed by atoms with Crippen molar-refractivity contribution in [3.63, 3.8) is 0 Å². The summed E-state index contributed by atoms with van der Waals surface area (Å²) in [6.45, 7) is 4.03. The zero-order valence-electron chi connectivity index (χ0n) is 16.8. The van der Waals surface area contributed by atoms with E-state index in [0.29, 0.717) is 28.3 Å². The van der Waals surface area contributed by atoms with E-state index in [0.717, 1.165) is 10.4 Å². The van der Waals surface area contributed by atoms with E-state index in [1.807, 2.05) is 32.8 Å². The molecule has 0 saturated carbocycles. The molecule has 0 unspecified atom stereocenters. The first-order chi connectivity index (χ1) is 13.7. The molecule has 8 nitrogen and oxygen atoms in total. The number of hydrogen-bond acceptors (Lipinski definition) is 6.